The average Bonchev–Trinajstić information content (AvgIpc) is 2.72. The number of hydrogen-bond acceptors (Lipinski definition) is 2. The lowest BCUT2D eigenvalue weighted by molar-refractivity contribution is 0.103. The molecule has 0 radical (unpaired) electrons. The zero-order valence-corrected chi connectivity index (χ0v) is 9.45. The Bertz CT molecular complexity index is 365. The number of carbonyl (C=O) groups excluding carboxylic acids is 1. The minimum Gasteiger partial charge on any atom is -0.288 e. The fourth-order valence-corrected chi connectivity index (χ4v) is 2.83. The van der Waals surface area contributed by atoms with E-state index in [1.54, 1.807) is 0 Å². The first kappa shape index (κ1) is 9.16. The molecule has 1 aliphatic carbocycles. The molecule has 1 nitrogen and oxygen atoms in total. The van der Waals surface area contributed by atoms with Crippen molar-refractivity contribution in [1.29, 1.82) is 0 Å². The van der Waals surface area contributed by atoms with Gasteiger partial charge in [-0.2, -0.15) is 0 Å². The van der Waals surface area contributed by atoms with Crippen molar-refractivity contribution in [2.45, 2.75) is 19.3 Å². The second-order valence-corrected chi connectivity index (χ2v) is 5.52. The average molecular weight is 257 g/mol. The SMILES string of the molecule is O=C(C1=CCCC1)c1ccc(Br)s1. The Morgan fingerprint density at radius 1 is 1.46 bits per heavy atom. The first-order valence-electron chi connectivity index (χ1n) is 4.26. The maximum Gasteiger partial charge on any atom is 0.198 e. The quantitative estimate of drug-likeness (QED) is 0.736. The molecule has 0 saturated heterocycles. The van der Waals surface area contributed by atoms with Crippen molar-refractivity contribution >= 4 is 33.0 Å². The molecule has 0 saturated carbocycles. The number of thiophene rings is 1. The summed E-state index contributed by atoms with van der Waals surface area (Å²) in [5, 5.41) is 0. The zero-order chi connectivity index (χ0) is 9.26. The number of allylic oxidation sites excluding steroid dienone is 2. The Morgan fingerprint density at radius 2 is 2.31 bits per heavy atom. The largest absolute Gasteiger partial charge is 0.288 e. The molecule has 13 heavy (non-hydrogen) atoms. The lowest BCUT2D eigenvalue weighted by Gasteiger charge is -1.96. The zero-order valence-electron chi connectivity index (χ0n) is 7.05. The van der Waals surface area contributed by atoms with Gasteiger partial charge in [0.25, 0.3) is 0 Å². The smallest absolute Gasteiger partial charge is 0.198 e. The maximum absolute atomic E-state index is 11.8. The summed E-state index contributed by atoms with van der Waals surface area (Å²) in [6.07, 6.45) is 5.21. The van der Waals surface area contributed by atoms with E-state index >= 15 is 0 Å². The van der Waals surface area contributed by atoms with Crippen LogP contribution in [0.15, 0.2) is 27.6 Å². The highest BCUT2D eigenvalue weighted by Crippen LogP contribution is 2.27. The minimum atomic E-state index is 0.216. The summed E-state index contributed by atoms with van der Waals surface area (Å²) < 4.78 is 1.02. The number of hydrogen-bond donors (Lipinski definition) is 0. The van der Waals surface area contributed by atoms with Crippen LogP contribution in [-0.2, 0) is 0 Å². The highest BCUT2D eigenvalue weighted by atomic mass is 79.9. The molecule has 0 N–H and O–H groups in total. The molecule has 1 heterocycles. The maximum atomic E-state index is 11.8. The summed E-state index contributed by atoms with van der Waals surface area (Å²) in [4.78, 5) is 12.6. The van der Waals surface area contributed by atoms with Crippen LogP contribution in [0.2, 0.25) is 0 Å². The summed E-state index contributed by atoms with van der Waals surface area (Å²) in [7, 11) is 0. The lowest BCUT2D eigenvalue weighted by atomic mass is 10.1. The van der Waals surface area contributed by atoms with Crippen LogP contribution in [0.5, 0.6) is 0 Å². The first-order chi connectivity index (χ1) is 6.27. The molecule has 0 unspecified atom stereocenters. The van der Waals surface area contributed by atoms with E-state index < -0.39 is 0 Å². The van der Waals surface area contributed by atoms with Crippen LogP contribution in [-0.4, -0.2) is 5.78 Å². The van der Waals surface area contributed by atoms with Crippen LogP contribution in [0.25, 0.3) is 0 Å². The van der Waals surface area contributed by atoms with E-state index in [1.807, 2.05) is 12.1 Å². The number of rotatable bonds is 2. The molecule has 0 fully saturated rings. The van der Waals surface area contributed by atoms with Gasteiger partial charge in [0.05, 0.1) is 8.66 Å². The Balaban J connectivity index is 2.22. The Labute approximate surface area is 89.6 Å². The van der Waals surface area contributed by atoms with Crippen LogP contribution in [0.4, 0.5) is 0 Å². The topological polar surface area (TPSA) is 17.1 Å². The third-order valence-electron chi connectivity index (χ3n) is 2.13. The summed E-state index contributed by atoms with van der Waals surface area (Å²) in [6.45, 7) is 0. The number of carbonyl (C=O) groups is 1. The molecule has 68 valence electrons. The van der Waals surface area contributed by atoms with Gasteiger partial charge in [0.2, 0.25) is 0 Å². The molecule has 0 spiro atoms. The fourth-order valence-electron chi connectivity index (χ4n) is 1.47. The number of ketones is 1. The summed E-state index contributed by atoms with van der Waals surface area (Å²) in [6, 6.07) is 3.81. The van der Waals surface area contributed by atoms with Crippen molar-refractivity contribution in [3.63, 3.8) is 0 Å². The van der Waals surface area contributed by atoms with Gasteiger partial charge in [-0.3, -0.25) is 4.79 Å². The van der Waals surface area contributed by atoms with Crippen molar-refractivity contribution in [2.24, 2.45) is 0 Å². The van der Waals surface area contributed by atoms with E-state index in [-0.39, 0.29) is 5.78 Å². The van der Waals surface area contributed by atoms with Gasteiger partial charge < -0.3 is 0 Å². The van der Waals surface area contributed by atoms with E-state index in [2.05, 4.69) is 22.0 Å². The summed E-state index contributed by atoms with van der Waals surface area (Å²) >= 11 is 4.86. The van der Waals surface area contributed by atoms with Crippen molar-refractivity contribution in [2.75, 3.05) is 0 Å². The molecular formula is C10H9BrOS. The van der Waals surface area contributed by atoms with Gasteiger partial charge in [-0.05, 0) is 52.9 Å². The normalized spacial score (nSPS) is 15.9. The van der Waals surface area contributed by atoms with E-state index in [0.29, 0.717) is 0 Å². The molecular weight excluding hydrogens is 248 g/mol. The molecule has 1 aromatic rings. The summed E-state index contributed by atoms with van der Waals surface area (Å²) in [5.74, 6) is 0.216. The van der Waals surface area contributed by atoms with Crippen molar-refractivity contribution < 1.29 is 4.79 Å². The highest BCUT2D eigenvalue weighted by molar-refractivity contribution is 9.11. The summed E-state index contributed by atoms with van der Waals surface area (Å²) in [5.41, 5.74) is 0.995. The molecule has 2 rings (SSSR count). The third kappa shape index (κ3) is 1.92. The van der Waals surface area contributed by atoms with Gasteiger partial charge in [0.1, 0.15) is 0 Å². The standard InChI is InChI=1S/C10H9BrOS/c11-9-6-5-8(13-9)10(12)7-3-1-2-4-7/h3,5-6H,1-2,4H2. The van der Waals surface area contributed by atoms with Crippen LogP contribution in [0.3, 0.4) is 0 Å². The van der Waals surface area contributed by atoms with Crippen LogP contribution in [0, 0.1) is 0 Å². The second-order valence-electron chi connectivity index (χ2n) is 3.05. The van der Waals surface area contributed by atoms with Gasteiger partial charge in [-0.15, -0.1) is 11.3 Å². The van der Waals surface area contributed by atoms with Crippen LogP contribution in [0.1, 0.15) is 28.9 Å². The van der Waals surface area contributed by atoms with E-state index in [0.717, 1.165) is 33.5 Å². The monoisotopic (exact) mass is 256 g/mol. The van der Waals surface area contributed by atoms with Crippen LogP contribution < -0.4 is 0 Å². The van der Waals surface area contributed by atoms with Crippen molar-refractivity contribution in [3.8, 4) is 0 Å². The van der Waals surface area contributed by atoms with Gasteiger partial charge >= 0.3 is 0 Å². The van der Waals surface area contributed by atoms with Gasteiger partial charge in [-0.1, -0.05) is 6.08 Å². The Kier molecular flexibility index (Phi) is 2.65. The highest BCUT2D eigenvalue weighted by Gasteiger charge is 2.16. The molecule has 3 heteroatoms. The molecule has 1 aromatic heterocycles. The Morgan fingerprint density at radius 3 is 2.85 bits per heavy atom. The van der Waals surface area contributed by atoms with Crippen molar-refractivity contribution in [3.05, 3.63) is 32.4 Å². The number of Topliss-reactive ketones (excluding diaryl/α,β-unsaturated/α-hetero) is 1. The number of halogens is 1. The van der Waals surface area contributed by atoms with Gasteiger partial charge in [0.15, 0.2) is 5.78 Å². The minimum absolute atomic E-state index is 0.216. The fraction of sp³-hybridized carbons (Fsp3) is 0.300. The van der Waals surface area contributed by atoms with Gasteiger partial charge in [0, 0.05) is 0 Å². The molecule has 0 aromatic carbocycles. The van der Waals surface area contributed by atoms with E-state index in [9.17, 15) is 4.79 Å². The molecule has 1 aliphatic rings. The Hall–Kier alpha value is -0.410. The molecule has 0 atom stereocenters. The van der Waals surface area contributed by atoms with E-state index in [4.69, 9.17) is 0 Å². The molecule has 0 aliphatic heterocycles. The van der Waals surface area contributed by atoms with Crippen molar-refractivity contribution in [1.82, 2.24) is 0 Å². The second kappa shape index (κ2) is 3.76. The molecule has 0 amide bonds. The molecule has 0 bridgehead atoms. The lowest BCUT2D eigenvalue weighted by Crippen LogP contribution is -1.97. The first-order valence-corrected chi connectivity index (χ1v) is 5.87. The van der Waals surface area contributed by atoms with Gasteiger partial charge in [-0.25, -0.2) is 0 Å². The predicted molar refractivity (Wildman–Crippen MR) is 58.3 cm³/mol. The third-order valence-corrected chi connectivity index (χ3v) is 3.75. The van der Waals surface area contributed by atoms with Crippen LogP contribution >= 0.6 is 27.3 Å². The van der Waals surface area contributed by atoms with E-state index in [1.165, 1.54) is 11.3 Å². The predicted octanol–water partition coefficient (Wildman–Crippen LogP) is 3.80.